The van der Waals surface area contributed by atoms with Crippen LogP contribution in [0.5, 0.6) is 0 Å². The van der Waals surface area contributed by atoms with Crippen LogP contribution in [-0.4, -0.2) is 67.7 Å². The van der Waals surface area contributed by atoms with Crippen molar-refractivity contribution in [3.63, 3.8) is 0 Å². The standard InChI is InChI=1S/C31H36F2N4O6S/c1-3-20(2)17-36(44(41,42)24-12-10-23(34)11-13-24)18-28(38)26(15-21-7-5-4-6-8-21)35-30(39)29-19-37(31(40)43-29)27-14-9-22(32)16-25(27)33/h4-14,16,20,26,28-29,38H,3,15,17-19,34H2,1-2H3,(H,35,39)/t20-,26-,28+,29-/m0/s1. The number of nitrogens with two attached hydrogens (primary N) is 1. The van der Waals surface area contributed by atoms with Gasteiger partial charge in [0.2, 0.25) is 10.0 Å². The van der Waals surface area contributed by atoms with E-state index in [-0.39, 0.29) is 42.6 Å². The Balaban J connectivity index is 1.56. The first-order chi connectivity index (χ1) is 20.9. The van der Waals surface area contributed by atoms with Crippen molar-refractivity contribution in [2.24, 2.45) is 5.92 Å². The van der Waals surface area contributed by atoms with Crippen molar-refractivity contribution in [3.8, 4) is 0 Å². The van der Waals surface area contributed by atoms with Crippen molar-refractivity contribution in [3.05, 3.63) is 90.0 Å². The van der Waals surface area contributed by atoms with Gasteiger partial charge in [0.25, 0.3) is 5.91 Å². The Morgan fingerprint density at radius 1 is 1.11 bits per heavy atom. The van der Waals surface area contributed by atoms with Gasteiger partial charge in [0, 0.05) is 24.8 Å². The van der Waals surface area contributed by atoms with Crippen LogP contribution in [0.4, 0.5) is 25.0 Å². The average molecular weight is 631 g/mol. The maximum atomic E-state index is 14.4. The number of aliphatic hydroxyl groups is 1. The number of hydrogen-bond acceptors (Lipinski definition) is 7. The van der Waals surface area contributed by atoms with Crippen LogP contribution in [0.15, 0.2) is 77.7 Å². The van der Waals surface area contributed by atoms with E-state index in [1.165, 1.54) is 28.6 Å². The molecular formula is C31H36F2N4O6S. The summed E-state index contributed by atoms with van der Waals surface area (Å²) >= 11 is 0. The molecule has 1 fully saturated rings. The number of sulfonamides is 1. The monoisotopic (exact) mass is 630 g/mol. The summed E-state index contributed by atoms with van der Waals surface area (Å²) in [7, 11) is -4.05. The van der Waals surface area contributed by atoms with Gasteiger partial charge in [0.15, 0.2) is 6.10 Å². The molecule has 0 aliphatic carbocycles. The summed E-state index contributed by atoms with van der Waals surface area (Å²) < 4.78 is 61.5. The third-order valence-electron chi connectivity index (χ3n) is 7.52. The van der Waals surface area contributed by atoms with Crippen molar-refractivity contribution in [1.29, 1.82) is 0 Å². The summed E-state index contributed by atoms with van der Waals surface area (Å²) in [4.78, 5) is 26.8. The van der Waals surface area contributed by atoms with E-state index in [1.54, 1.807) is 24.3 Å². The van der Waals surface area contributed by atoms with Gasteiger partial charge in [0.1, 0.15) is 11.6 Å². The van der Waals surface area contributed by atoms with Gasteiger partial charge < -0.3 is 20.9 Å². The highest BCUT2D eigenvalue weighted by Gasteiger charge is 2.40. The smallest absolute Gasteiger partial charge is 0.415 e. The van der Waals surface area contributed by atoms with Gasteiger partial charge in [-0.05, 0) is 54.3 Å². The van der Waals surface area contributed by atoms with Crippen molar-refractivity contribution in [1.82, 2.24) is 9.62 Å². The number of nitrogens with one attached hydrogen (secondary N) is 1. The molecule has 0 aromatic heterocycles. The molecule has 1 aliphatic heterocycles. The highest BCUT2D eigenvalue weighted by molar-refractivity contribution is 7.89. The van der Waals surface area contributed by atoms with E-state index in [9.17, 15) is 31.9 Å². The van der Waals surface area contributed by atoms with E-state index in [0.29, 0.717) is 18.2 Å². The zero-order valence-electron chi connectivity index (χ0n) is 24.4. The summed E-state index contributed by atoms with van der Waals surface area (Å²) in [5, 5.41) is 14.2. The highest BCUT2D eigenvalue weighted by Crippen LogP contribution is 2.26. The largest absolute Gasteiger partial charge is 0.434 e. The van der Waals surface area contributed by atoms with Gasteiger partial charge >= 0.3 is 6.09 Å². The molecule has 4 N–H and O–H groups in total. The molecule has 4 atom stereocenters. The second-order valence-corrected chi connectivity index (χ2v) is 12.8. The summed E-state index contributed by atoms with van der Waals surface area (Å²) in [6.07, 6.45) is -2.93. The molecule has 1 heterocycles. The second kappa shape index (κ2) is 14.1. The highest BCUT2D eigenvalue weighted by atomic mass is 32.2. The first-order valence-electron chi connectivity index (χ1n) is 14.2. The Labute approximate surface area is 255 Å². The van der Waals surface area contributed by atoms with Crippen LogP contribution >= 0.6 is 0 Å². The number of halogens is 2. The van der Waals surface area contributed by atoms with Crippen molar-refractivity contribution >= 4 is 33.4 Å². The Kier molecular flexibility index (Phi) is 10.6. The summed E-state index contributed by atoms with van der Waals surface area (Å²) in [5.74, 6) is -2.63. The molecule has 2 amide bonds. The number of cyclic esters (lactones) is 1. The molecule has 0 radical (unpaired) electrons. The fourth-order valence-corrected chi connectivity index (χ4v) is 6.37. The maximum absolute atomic E-state index is 14.4. The number of amides is 2. The van der Waals surface area contributed by atoms with Crippen LogP contribution in [0.1, 0.15) is 25.8 Å². The minimum atomic E-state index is -4.05. The van der Waals surface area contributed by atoms with E-state index in [2.05, 4.69) is 5.32 Å². The van der Waals surface area contributed by atoms with Crippen molar-refractivity contribution in [2.75, 3.05) is 30.3 Å². The summed E-state index contributed by atoms with van der Waals surface area (Å²) in [6.45, 7) is 3.24. The molecule has 236 valence electrons. The van der Waals surface area contributed by atoms with Gasteiger partial charge in [-0.3, -0.25) is 9.69 Å². The van der Waals surface area contributed by atoms with E-state index >= 15 is 0 Å². The van der Waals surface area contributed by atoms with E-state index in [1.807, 2.05) is 19.9 Å². The van der Waals surface area contributed by atoms with Crippen LogP contribution in [0.3, 0.4) is 0 Å². The number of carbonyl (C=O) groups is 2. The number of hydrogen-bond donors (Lipinski definition) is 3. The van der Waals surface area contributed by atoms with Gasteiger partial charge in [-0.25, -0.2) is 22.0 Å². The number of benzene rings is 3. The molecule has 1 aliphatic rings. The topological polar surface area (TPSA) is 142 Å². The summed E-state index contributed by atoms with van der Waals surface area (Å²) in [5.41, 5.74) is 6.65. The lowest BCUT2D eigenvalue weighted by Crippen LogP contribution is -2.53. The van der Waals surface area contributed by atoms with E-state index in [4.69, 9.17) is 10.5 Å². The number of nitrogen functional groups attached to an aromatic ring is 1. The zero-order chi connectivity index (χ0) is 32.0. The average Bonchev–Trinajstić information content (AvgIpc) is 3.38. The lowest BCUT2D eigenvalue weighted by molar-refractivity contribution is -0.129. The molecule has 3 aromatic carbocycles. The maximum Gasteiger partial charge on any atom is 0.415 e. The Hall–Kier alpha value is -4.07. The first kappa shape index (κ1) is 32.8. The third-order valence-corrected chi connectivity index (χ3v) is 9.36. The lowest BCUT2D eigenvalue weighted by atomic mass is 10.0. The zero-order valence-corrected chi connectivity index (χ0v) is 25.2. The van der Waals surface area contributed by atoms with E-state index in [0.717, 1.165) is 22.6 Å². The number of nitrogens with zero attached hydrogens (tertiary/aromatic N) is 2. The van der Waals surface area contributed by atoms with Gasteiger partial charge in [-0.1, -0.05) is 50.6 Å². The molecule has 0 bridgehead atoms. The minimum absolute atomic E-state index is 0.0110. The van der Waals surface area contributed by atoms with Crippen LogP contribution in [-0.2, 0) is 26.0 Å². The predicted molar refractivity (Wildman–Crippen MR) is 161 cm³/mol. The molecule has 10 nitrogen and oxygen atoms in total. The van der Waals surface area contributed by atoms with Crippen LogP contribution in [0.25, 0.3) is 0 Å². The number of aliphatic hydroxyl groups excluding tert-OH is 1. The first-order valence-corrected chi connectivity index (χ1v) is 15.6. The third kappa shape index (κ3) is 7.90. The van der Waals surface area contributed by atoms with Gasteiger partial charge in [0.05, 0.1) is 29.3 Å². The number of carbonyl (C=O) groups excluding carboxylic acids is 2. The molecule has 44 heavy (non-hydrogen) atoms. The number of anilines is 2. The second-order valence-electron chi connectivity index (χ2n) is 10.9. The molecule has 1 saturated heterocycles. The summed E-state index contributed by atoms with van der Waals surface area (Å²) in [6, 6.07) is 16.4. The molecule has 0 saturated carbocycles. The lowest BCUT2D eigenvalue weighted by Gasteiger charge is -2.31. The van der Waals surface area contributed by atoms with Crippen molar-refractivity contribution in [2.45, 2.75) is 49.8 Å². The fourth-order valence-electron chi connectivity index (χ4n) is 4.80. The van der Waals surface area contributed by atoms with E-state index < -0.39 is 51.9 Å². The number of ether oxygens (including phenoxy) is 1. The minimum Gasteiger partial charge on any atom is -0.434 e. The molecule has 0 unspecified atom stereocenters. The van der Waals surface area contributed by atoms with Crippen LogP contribution in [0.2, 0.25) is 0 Å². The van der Waals surface area contributed by atoms with Crippen molar-refractivity contribution < 1.29 is 36.6 Å². The van der Waals surface area contributed by atoms with Gasteiger partial charge in [-0.2, -0.15) is 4.31 Å². The Morgan fingerprint density at radius 2 is 1.80 bits per heavy atom. The molecule has 4 rings (SSSR count). The SMILES string of the molecule is CC[C@H](C)CN(C[C@@H](O)[C@H](Cc1ccccc1)NC(=O)[C@@H]1CN(c2ccc(F)cc2F)C(=O)O1)S(=O)(=O)c1ccc(N)cc1. The molecular weight excluding hydrogens is 594 g/mol. The van der Waals surface area contributed by atoms with Gasteiger partial charge in [-0.15, -0.1) is 0 Å². The Bertz CT molecular complexity index is 1560. The normalized spacial score (nSPS) is 17.3. The molecule has 13 heteroatoms. The molecule has 3 aromatic rings. The molecule has 0 spiro atoms. The fraction of sp³-hybridized carbons (Fsp3) is 0.355. The van der Waals surface area contributed by atoms with Crippen LogP contribution < -0.4 is 16.0 Å². The number of rotatable bonds is 13. The van der Waals surface area contributed by atoms with Crippen LogP contribution in [0, 0.1) is 17.6 Å². The quantitative estimate of drug-likeness (QED) is 0.245. The Morgan fingerprint density at radius 3 is 2.43 bits per heavy atom. The predicted octanol–water partition coefficient (Wildman–Crippen LogP) is 3.70.